The van der Waals surface area contributed by atoms with Crippen molar-refractivity contribution in [2.45, 2.75) is 18.9 Å². The third-order valence-corrected chi connectivity index (χ3v) is 3.38. The molecule has 5 heteroatoms. The van der Waals surface area contributed by atoms with Crippen molar-refractivity contribution in [2.24, 2.45) is 0 Å². The summed E-state index contributed by atoms with van der Waals surface area (Å²) in [5, 5.41) is 9.29. The molecule has 0 radical (unpaired) electrons. The van der Waals surface area contributed by atoms with Crippen LogP contribution in [0, 0.1) is 0 Å². The van der Waals surface area contributed by atoms with E-state index in [9.17, 15) is 4.79 Å². The Morgan fingerprint density at radius 3 is 2.60 bits per heavy atom. The summed E-state index contributed by atoms with van der Waals surface area (Å²) in [5.41, 5.74) is 0. The van der Waals surface area contributed by atoms with E-state index in [4.69, 9.17) is 5.11 Å². The van der Waals surface area contributed by atoms with Crippen molar-refractivity contribution < 1.29 is 9.90 Å². The van der Waals surface area contributed by atoms with Gasteiger partial charge in [-0.3, -0.25) is 4.79 Å². The van der Waals surface area contributed by atoms with Crippen LogP contribution in [0.1, 0.15) is 12.8 Å². The molecule has 88 valence electrons. The minimum Gasteiger partial charge on any atom is -0.395 e. The van der Waals surface area contributed by atoms with Crippen LogP contribution in [0.2, 0.25) is 0 Å². The van der Waals surface area contributed by atoms with Crippen LogP contribution in [-0.4, -0.2) is 65.5 Å². The number of aliphatic hydroxyl groups excluding tert-OH is 1. The van der Waals surface area contributed by atoms with Gasteiger partial charge in [0, 0.05) is 12.6 Å². The van der Waals surface area contributed by atoms with Crippen LogP contribution in [0.15, 0.2) is 0 Å². The SMILES string of the molecule is CN1CCC(N(CCO)C(=O)CBr)CC1. The quantitative estimate of drug-likeness (QED) is 0.753. The third kappa shape index (κ3) is 3.74. The molecule has 4 nitrogen and oxygen atoms in total. The molecule has 0 aromatic carbocycles. The van der Waals surface area contributed by atoms with Crippen LogP contribution < -0.4 is 0 Å². The van der Waals surface area contributed by atoms with Crippen LogP contribution >= 0.6 is 15.9 Å². The number of piperidine rings is 1. The topological polar surface area (TPSA) is 43.8 Å². The summed E-state index contributed by atoms with van der Waals surface area (Å²) >= 11 is 3.18. The van der Waals surface area contributed by atoms with Crippen molar-refractivity contribution in [1.82, 2.24) is 9.80 Å². The lowest BCUT2D eigenvalue weighted by Gasteiger charge is -2.36. The van der Waals surface area contributed by atoms with E-state index >= 15 is 0 Å². The maximum absolute atomic E-state index is 11.6. The Kier molecular flexibility index (Phi) is 5.56. The Labute approximate surface area is 99.4 Å². The summed E-state index contributed by atoms with van der Waals surface area (Å²) in [6.45, 7) is 2.56. The lowest BCUT2D eigenvalue weighted by molar-refractivity contribution is -0.132. The molecule has 1 aliphatic heterocycles. The normalized spacial score (nSPS) is 19.1. The minimum atomic E-state index is 0.0467. The molecule has 0 aliphatic carbocycles. The van der Waals surface area contributed by atoms with Crippen molar-refractivity contribution in [3.8, 4) is 0 Å². The summed E-state index contributed by atoms with van der Waals surface area (Å²) in [6, 6.07) is 0.304. The van der Waals surface area contributed by atoms with Crippen molar-refractivity contribution in [2.75, 3.05) is 38.6 Å². The Bertz CT molecular complexity index is 206. The van der Waals surface area contributed by atoms with Crippen LogP contribution in [0.4, 0.5) is 0 Å². The molecule has 1 rings (SSSR count). The predicted octanol–water partition coefficient (Wildman–Crippen LogP) is 0.296. The second-order valence-corrected chi connectivity index (χ2v) is 4.54. The van der Waals surface area contributed by atoms with Gasteiger partial charge < -0.3 is 14.9 Å². The predicted molar refractivity (Wildman–Crippen MR) is 63.1 cm³/mol. The van der Waals surface area contributed by atoms with E-state index in [1.807, 2.05) is 4.90 Å². The van der Waals surface area contributed by atoms with E-state index in [1.165, 1.54) is 0 Å². The number of carbonyl (C=O) groups is 1. The van der Waals surface area contributed by atoms with Crippen molar-refractivity contribution in [3.05, 3.63) is 0 Å². The fourth-order valence-electron chi connectivity index (χ4n) is 2.00. The summed E-state index contributed by atoms with van der Waals surface area (Å²) < 4.78 is 0. The zero-order valence-electron chi connectivity index (χ0n) is 9.15. The first-order valence-corrected chi connectivity index (χ1v) is 6.46. The number of rotatable bonds is 4. The van der Waals surface area contributed by atoms with E-state index in [1.54, 1.807) is 0 Å². The minimum absolute atomic E-state index is 0.0467. The first-order valence-electron chi connectivity index (χ1n) is 5.34. The fraction of sp³-hybridized carbons (Fsp3) is 0.900. The number of nitrogens with zero attached hydrogens (tertiary/aromatic N) is 2. The zero-order valence-corrected chi connectivity index (χ0v) is 10.7. The second-order valence-electron chi connectivity index (χ2n) is 3.98. The Morgan fingerprint density at radius 1 is 1.53 bits per heavy atom. The first-order chi connectivity index (χ1) is 7.19. The standard InChI is InChI=1S/C10H19BrN2O2/c1-12-4-2-9(3-5-12)13(6-7-14)10(15)8-11/h9,14H,2-8H2,1H3. The smallest absolute Gasteiger partial charge is 0.233 e. The molecule has 1 amide bonds. The van der Waals surface area contributed by atoms with E-state index in [0.29, 0.717) is 17.9 Å². The molecule has 0 bridgehead atoms. The number of alkyl halides is 1. The van der Waals surface area contributed by atoms with Gasteiger partial charge in [-0.15, -0.1) is 0 Å². The van der Waals surface area contributed by atoms with Gasteiger partial charge in [-0.2, -0.15) is 0 Å². The van der Waals surface area contributed by atoms with Gasteiger partial charge in [0.2, 0.25) is 5.91 Å². The van der Waals surface area contributed by atoms with Gasteiger partial charge in [0.05, 0.1) is 11.9 Å². The Hall–Kier alpha value is -0.130. The lowest BCUT2D eigenvalue weighted by Crippen LogP contribution is -2.48. The molecule has 1 fully saturated rings. The number of likely N-dealkylation sites (tertiary alicyclic amines) is 1. The molecule has 1 aliphatic rings. The maximum Gasteiger partial charge on any atom is 0.233 e. The van der Waals surface area contributed by atoms with Gasteiger partial charge in [0.25, 0.3) is 0 Å². The Balaban J connectivity index is 2.51. The number of amides is 1. The number of carbonyl (C=O) groups excluding carboxylic acids is 1. The maximum atomic E-state index is 11.6. The summed E-state index contributed by atoms with van der Waals surface area (Å²) in [7, 11) is 2.10. The van der Waals surface area contributed by atoms with Gasteiger partial charge in [-0.1, -0.05) is 15.9 Å². The molecular formula is C10H19BrN2O2. The van der Waals surface area contributed by atoms with Crippen LogP contribution in [0.3, 0.4) is 0 Å². The average Bonchev–Trinajstić information content (AvgIpc) is 2.26. The van der Waals surface area contributed by atoms with Crippen LogP contribution in [0.25, 0.3) is 0 Å². The van der Waals surface area contributed by atoms with E-state index in [-0.39, 0.29) is 12.5 Å². The van der Waals surface area contributed by atoms with Crippen molar-refractivity contribution in [3.63, 3.8) is 0 Å². The zero-order chi connectivity index (χ0) is 11.3. The highest BCUT2D eigenvalue weighted by molar-refractivity contribution is 9.09. The largest absolute Gasteiger partial charge is 0.395 e. The van der Waals surface area contributed by atoms with Gasteiger partial charge in [-0.25, -0.2) is 0 Å². The monoisotopic (exact) mass is 278 g/mol. The van der Waals surface area contributed by atoms with Gasteiger partial charge in [0.1, 0.15) is 0 Å². The average molecular weight is 279 g/mol. The van der Waals surface area contributed by atoms with Crippen LogP contribution in [-0.2, 0) is 4.79 Å². The number of hydrogen-bond donors (Lipinski definition) is 1. The highest BCUT2D eigenvalue weighted by Crippen LogP contribution is 2.15. The molecule has 0 aromatic heterocycles. The second kappa shape index (κ2) is 6.45. The lowest BCUT2D eigenvalue weighted by atomic mass is 10.0. The molecule has 1 heterocycles. The highest BCUT2D eigenvalue weighted by atomic mass is 79.9. The molecule has 15 heavy (non-hydrogen) atoms. The molecule has 1 saturated heterocycles. The summed E-state index contributed by atoms with van der Waals surface area (Å²) in [6.07, 6.45) is 2.02. The molecule has 0 atom stereocenters. The van der Waals surface area contributed by atoms with E-state index < -0.39 is 0 Å². The summed E-state index contributed by atoms with van der Waals surface area (Å²) in [4.78, 5) is 15.7. The van der Waals surface area contributed by atoms with Gasteiger partial charge in [-0.05, 0) is 33.0 Å². The van der Waals surface area contributed by atoms with E-state index in [0.717, 1.165) is 25.9 Å². The van der Waals surface area contributed by atoms with Crippen LogP contribution in [0.5, 0.6) is 0 Å². The first kappa shape index (κ1) is 12.9. The highest BCUT2D eigenvalue weighted by Gasteiger charge is 2.25. The third-order valence-electron chi connectivity index (χ3n) is 2.90. The van der Waals surface area contributed by atoms with Crippen molar-refractivity contribution in [1.29, 1.82) is 0 Å². The molecule has 1 N–H and O–H groups in total. The Morgan fingerprint density at radius 2 is 2.13 bits per heavy atom. The molecule has 0 unspecified atom stereocenters. The molecular weight excluding hydrogens is 260 g/mol. The number of hydrogen-bond acceptors (Lipinski definition) is 3. The summed E-state index contributed by atoms with van der Waals surface area (Å²) in [5.74, 6) is 0.0820. The van der Waals surface area contributed by atoms with Gasteiger partial charge >= 0.3 is 0 Å². The number of halogens is 1. The van der Waals surface area contributed by atoms with E-state index in [2.05, 4.69) is 27.9 Å². The fourth-order valence-corrected chi connectivity index (χ4v) is 2.32. The van der Waals surface area contributed by atoms with Crippen molar-refractivity contribution >= 4 is 21.8 Å². The number of aliphatic hydroxyl groups is 1. The molecule has 0 saturated carbocycles. The molecule has 0 aromatic rings. The van der Waals surface area contributed by atoms with Gasteiger partial charge in [0.15, 0.2) is 0 Å². The molecule has 0 spiro atoms.